The van der Waals surface area contributed by atoms with Gasteiger partial charge in [-0.1, -0.05) is 37.6 Å². The molecule has 0 spiro atoms. The number of dihydropyridines is 1. The lowest BCUT2D eigenvalue weighted by molar-refractivity contribution is -0.118. The molecule has 0 bridgehead atoms. The first-order valence-corrected chi connectivity index (χ1v) is 12.7. The molecule has 8 heteroatoms. The van der Waals surface area contributed by atoms with Crippen molar-refractivity contribution in [2.45, 2.75) is 38.4 Å². The molecule has 1 aliphatic carbocycles. The third-order valence-corrected chi connectivity index (χ3v) is 7.91. The Morgan fingerprint density at radius 2 is 1.91 bits per heavy atom. The van der Waals surface area contributed by atoms with Gasteiger partial charge in [0.05, 0.1) is 29.7 Å². The maximum absolute atomic E-state index is 13.3. The van der Waals surface area contributed by atoms with E-state index in [1.54, 1.807) is 13.2 Å². The number of allylic oxidation sites excluding steroid dienone is 3. The minimum Gasteiger partial charge on any atom is -0.497 e. The van der Waals surface area contributed by atoms with Crippen LogP contribution in [0.2, 0.25) is 5.02 Å². The van der Waals surface area contributed by atoms with Crippen molar-refractivity contribution in [3.05, 3.63) is 74.4 Å². The minimum absolute atomic E-state index is 0.0835. The monoisotopic (exact) mass is 508 g/mol. The molecule has 0 radical (unpaired) electrons. The van der Waals surface area contributed by atoms with Crippen molar-refractivity contribution in [1.29, 1.82) is 5.26 Å². The number of carbonyl (C=O) groups is 1. The standard InChI is InChI=1S/C27H25ClN2O4S/c1-27(2)10-20-25(21(31)11-27)24(15-4-6-17(32-3)7-5-15)18(12-29)26(30-20)35-13-16-8-22-23(9-19(16)28)34-14-33-22/h4-9,24,30H,10-11,13-14H2,1-3H3/t24-/m1/s1. The summed E-state index contributed by atoms with van der Waals surface area (Å²) < 4.78 is 16.2. The van der Waals surface area contributed by atoms with Gasteiger partial charge in [0.15, 0.2) is 17.3 Å². The molecule has 35 heavy (non-hydrogen) atoms. The molecule has 2 heterocycles. The summed E-state index contributed by atoms with van der Waals surface area (Å²) in [5, 5.41) is 15.1. The maximum Gasteiger partial charge on any atom is 0.231 e. The fourth-order valence-electron chi connectivity index (χ4n) is 4.84. The van der Waals surface area contributed by atoms with Crippen molar-refractivity contribution >= 4 is 29.1 Å². The van der Waals surface area contributed by atoms with Crippen molar-refractivity contribution in [3.63, 3.8) is 0 Å². The largest absolute Gasteiger partial charge is 0.497 e. The van der Waals surface area contributed by atoms with Crippen LogP contribution >= 0.6 is 23.4 Å². The molecular weight excluding hydrogens is 484 g/mol. The Bertz CT molecular complexity index is 1310. The third kappa shape index (κ3) is 4.49. The van der Waals surface area contributed by atoms with Crippen LogP contribution in [-0.2, 0) is 10.5 Å². The van der Waals surface area contributed by atoms with Gasteiger partial charge in [0.25, 0.3) is 0 Å². The summed E-state index contributed by atoms with van der Waals surface area (Å²) in [6, 6.07) is 13.6. The van der Waals surface area contributed by atoms with E-state index >= 15 is 0 Å². The van der Waals surface area contributed by atoms with Crippen LogP contribution in [0.5, 0.6) is 17.2 Å². The minimum atomic E-state index is -0.430. The quantitative estimate of drug-likeness (QED) is 0.524. The lowest BCUT2D eigenvalue weighted by atomic mass is 9.69. The number of carbonyl (C=O) groups excluding carboxylic acids is 1. The van der Waals surface area contributed by atoms with Crippen molar-refractivity contribution in [1.82, 2.24) is 5.32 Å². The number of methoxy groups -OCH3 is 1. The average molecular weight is 509 g/mol. The molecule has 2 aromatic rings. The first-order chi connectivity index (χ1) is 16.8. The van der Waals surface area contributed by atoms with Crippen molar-refractivity contribution < 1.29 is 19.0 Å². The maximum atomic E-state index is 13.3. The van der Waals surface area contributed by atoms with Gasteiger partial charge in [-0.25, -0.2) is 0 Å². The molecule has 0 saturated carbocycles. The first kappa shape index (κ1) is 23.7. The number of ketones is 1. The van der Waals surface area contributed by atoms with Crippen LogP contribution in [0.15, 0.2) is 58.3 Å². The molecule has 6 nitrogen and oxygen atoms in total. The highest BCUT2D eigenvalue weighted by atomic mass is 35.5. The molecule has 1 atom stereocenters. The molecular formula is C27H25ClN2O4S. The summed E-state index contributed by atoms with van der Waals surface area (Å²) in [6.45, 7) is 4.38. The summed E-state index contributed by atoms with van der Waals surface area (Å²) in [5.41, 5.74) is 3.73. The summed E-state index contributed by atoms with van der Waals surface area (Å²) in [4.78, 5) is 13.3. The van der Waals surface area contributed by atoms with Gasteiger partial charge in [0.2, 0.25) is 6.79 Å². The van der Waals surface area contributed by atoms with E-state index in [9.17, 15) is 10.1 Å². The van der Waals surface area contributed by atoms with E-state index in [0.717, 1.165) is 34.0 Å². The highest BCUT2D eigenvalue weighted by Gasteiger charge is 2.42. The zero-order valence-corrected chi connectivity index (χ0v) is 21.3. The summed E-state index contributed by atoms with van der Waals surface area (Å²) >= 11 is 8.00. The average Bonchev–Trinajstić information content (AvgIpc) is 3.28. The van der Waals surface area contributed by atoms with Crippen LogP contribution in [0.1, 0.15) is 43.7 Å². The number of halogens is 1. The molecule has 0 amide bonds. The van der Waals surface area contributed by atoms with Crippen LogP contribution < -0.4 is 19.5 Å². The molecule has 0 saturated heterocycles. The number of thioether (sulfide) groups is 1. The smallest absolute Gasteiger partial charge is 0.231 e. The van der Waals surface area contributed by atoms with Gasteiger partial charge < -0.3 is 19.5 Å². The van der Waals surface area contributed by atoms with Gasteiger partial charge in [-0.3, -0.25) is 4.79 Å². The fraction of sp³-hybridized carbons (Fsp3) is 0.333. The second kappa shape index (κ2) is 9.18. The predicted octanol–water partition coefficient (Wildman–Crippen LogP) is 6.08. The summed E-state index contributed by atoms with van der Waals surface area (Å²) in [7, 11) is 1.61. The number of ether oxygens (including phenoxy) is 3. The second-order valence-corrected chi connectivity index (χ2v) is 11.0. The zero-order chi connectivity index (χ0) is 24.7. The number of hydrogen-bond acceptors (Lipinski definition) is 7. The van der Waals surface area contributed by atoms with E-state index < -0.39 is 5.92 Å². The molecule has 1 N–H and O–H groups in total. The van der Waals surface area contributed by atoms with Crippen LogP contribution in [0.25, 0.3) is 0 Å². The third-order valence-electron chi connectivity index (χ3n) is 6.49. The lowest BCUT2D eigenvalue weighted by Crippen LogP contribution is -2.36. The number of nitriles is 1. The Labute approximate surface area is 213 Å². The van der Waals surface area contributed by atoms with Crippen molar-refractivity contribution in [3.8, 4) is 23.3 Å². The number of hydrogen-bond donors (Lipinski definition) is 1. The van der Waals surface area contributed by atoms with Crippen molar-refractivity contribution in [2.24, 2.45) is 5.41 Å². The topological polar surface area (TPSA) is 80.6 Å². The van der Waals surface area contributed by atoms with E-state index in [-0.39, 0.29) is 18.0 Å². The number of Topliss-reactive ketones (excluding diaryl/α,β-unsaturated/α-hetero) is 1. The lowest BCUT2D eigenvalue weighted by Gasteiger charge is -2.39. The molecule has 3 aliphatic rings. The highest BCUT2D eigenvalue weighted by Crippen LogP contribution is 2.48. The number of benzene rings is 2. The fourth-order valence-corrected chi connectivity index (χ4v) is 6.19. The Morgan fingerprint density at radius 1 is 1.20 bits per heavy atom. The Balaban J connectivity index is 1.53. The van der Waals surface area contributed by atoms with E-state index in [2.05, 4.69) is 25.2 Å². The van der Waals surface area contributed by atoms with Crippen LogP contribution in [0.3, 0.4) is 0 Å². The highest BCUT2D eigenvalue weighted by molar-refractivity contribution is 8.02. The van der Waals surface area contributed by atoms with E-state index in [4.69, 9.17) is 25.8 Å². The van der Waals surface area contributed by atoms with E-state index in [1.165, 1.54) is 11.8 Å². The van der Waals surface area contributed by atoms with E-state index in [1.807, 2.05) is 30.3 Å². The SMILES string of the molecule is COc1ccc([C@@H]2C(C#N)=C(SCc3cc4c(cc3Cl)OCO4)NC3=C2C(=O)CC(C)(C)C3)cc1. The molecule has 180 valence electrons. The van der Waals surface area contributed by atoms with Crippen LogP contribution in [-0.4, -0.2) is 19.7 Å². The van der Waals surface area contributed by atoms with E-state index in [0.29, 0.717) is 39.8 Å². The predicted molar refractivity (Wildman–Crippen MR) is 135 cm³/mol. The molecule has 5 rings (SSSR count). The van der Waals surface area contributed by atoms with Crippen LogP contribution in [0.4, 0.5) is 0 Å². The molecule has 2 aromatic carbocycles. The number of nitrogens with one attached hydrogen (secondary N) is 1. The second-order valence-electron chi connectivity index (χ2n) is 9.60. The summed E-state index contributed by atoms with van der Waals surface area (Å²) in [6.07, 6.45) is 1.18. The molecule has 0 aromatic heterocycles. The molecule has 2 aliphatic heterocycles. The number of rotatable bonds is 5. The van der Waals surface area contributed by atoms with Gasteiger partial charge >= 0.3 is 0 Å². The van der Waals surface area contributed by atoms with Crippen molar-refractivity contribution in [2.75, 3.05) is 13.9 Å². The summed E-state index contributed by atoms with van der Waals surface area (Å²) in [5.74, 6) is 2.20. The Morgan fingerprint density at radius 3 is 2.60 bits per heavy atom. The normalized spacial score (nSPS) is 20.3. The van der Waals surface area contributed by atoms with Gasteiger partial charge in [-0.15, -0.1) is 11.8 Å². The van der Waals surface area contributed by atoms with Gasteiger partial charge in [0.1, 0.15) is 5.75 Å². The number of fused-ring (bicyclic) bond motifs is 1. The Kier molecular flexibility index (Phi) is 6.20. The van der Waals surface area contributed by atoms with Gasteiger partial charge in [-0.05, 0) is 41.2 Å². The molecule has 0 unspecified atom stereocenters. The van der Waals surface area contributed by atoms with Crippen LogP contribution in [0, 0.1) is 16.7 Å². The zero-order valence-electron chi connectivity index (χ0n) is 19.7. The van der Waals surface area contributed by atoms with Gasteiger partial charge in [-0.2, -0.15) is 5.26 Å². The van der Waals surface area contributed by atoms with Gasteiger partial charge in [0, 0.05) is 34.5 Å². The number of nitrogens with zero attached hydrogens (tertiary/aromatic N) is 1. The molecule has 0 fully saturated rings. The first-order valence-electron chi connectivity index (χ1n) is 11.3. The Hall–Kier alpha value is -3.08.